The van der Waals surface area contributed by atoms with Crippen molar-refractivity contribution >= 4 is 5.97 Å². The van der Waals surface area contributed by atoms with Gasteiger partial charge in [0.25, 0.3) is 0 Å². The summed E-state index contributed by atoms with van der Waals surface area (Å²) in [5.41, 5.74) is -0.178. The molecule has 0 atom stereocenters. The van der Waals surface area contributed by atoms with E-state index in [9.17, 15) is 9.90 Å². The minimum Gasteiger partial charge on any atom is -0.545 e. The molecule has 9 nitrogen and oxygen atoms in total. The van der Waals surface area contributed by atoms with Crippen LogP contribution in [0.25, 0.3) is 0 Å². The molecule has 0 bridgehead atoms. The molecule has 0 unspecified atom stereocenters. The van der Waals surface area contributed by atoms with E-state index < -0.39 is 5.97 Å². The molecule has 0 saturated carbocycles. The molecule has 0 heterocycles. The Morgan fingerprint density at radius 3 is 1.53 bits per heavy atom. The first-order valence-electron chi connectivity index (χ1n) is 2.71. The summed E-state index contributed by atoms with van der Waals surface area (Å²) in [4.78, 5) is 10.2. The van der Waals surface area contributed by atoms with Gasteiger partial charge < -0.3 is 47.9 Å². The monoisotopic (exact) mass is 268 g/mol. The summed E-state index contributed by atoms with van der Waals surface area (Å²) < 4.78 is 0. The summed E-state index contributed by atoms with van der Waals surface area (Å²) in [5.74, 6) is -1.62. The van der Waals surface area contributed by atoms with Crippen molar-refractivity contribution in [3.8, 4) is 5.75 Å². The fourth-order valence-corrected chi connectivity index (χ4v) is 0.646. The number of phenols is 1. The number of para-hydroxylation sites is 1. The van der Waals surface area contributed by atoms with Gasteiger partial charge in [-0.3, -0.25) is 0 Å². The average Bonchev–Trinajstić information content (AvgIpc) is 1.88. The molecule has 100 valence electrons. The van der Waals surface area contributed by atoms with Crippen molar-refractivity contribution in [2.45, 2.75) is 0 Å². The van der Waals surface area contributed by atoms with Crippen LogP contribution < -0.4 is 34.7 Å². The van der Waals surface area contributed by atoms with E-state index in [-0.39, 0.29) is 73.7 Å². The van der Waals surface area contributed by atoms with E-state index in [4.69, 9.17) is 5.11 Å². The molecule has 1 rings (SSSR count). The van der Waals surface area contributed by atoms with Crippen LogP contribution in [0.3, 0.4) is 0 Å². The van der Waals surface area contributed by atoms with Crippen LogP contribution in [0.1, 0.15) is 10.4 Å². The predicted octanol–water partition coefficient (Wildman–Crippen LogP) is -8.19. The van der Waals surface area contributed by atoms with Crippen molar-refractivity contribution in [1.29, 1.82) is 0 Å². The van der Waals surface area contributed by atoms with E-state index in [0.717, 1.165) is 0 Å². The Morgan fingerprint density at radius 1 is 0.941 bits per heavy atom. The maximum absolute atomic E-state index is 10.2. The van der Waals surface area contributed by atoms with E-state index in [2.05, 4.69) is 0 Å². The van der Waals surface area contributed by atoms with Crippen LogP contribution in [-0.2, 0) is 0 Å². The first kappa shape index (κ1) is 44.2. The number of carbonyl (C=O) groups is 1. The fourth-order valence-electron chi connectivity index (χ4n) is 0.646. The third kappa shape index (κ3) is 13.2. The number of aromatic hydroxyl groups is 1. The van der Waals surface area contributed by atoms with Crippen LogP contribution in [0.15, 0.2) is 24.3 Å². The molecule has 0 radical (unpaired) electrons. The molecule has 0 aliphatic rings. The summed E-state index contributed by atoms with van der Waals surface area (Å²) in [6.45, 7) is 0. The van der Waals surface area contributed by atoms with Gasteiger partial charge in [0.05, 0.1) is 5.97 Å². The molecular weight excluding hydrogens is 251 g/mol. The van der Waals surface area contributed by atoms with Gasteiger partial charge in [-0.1, -0.05) is 12.1 Å². The Hall–Kier alpha value is -0.750. The second-order valence-corrected chi connectivity index (χ2v) is 1.80. The van der Waals surface area contributed by atoms with Crippen molar-refractivity contribution in [2.24, 2.45) is 0 Å². The Labute approximate surface area is 119 Å². The summed E-state index contributed by atoms with van der Waals surface area (Å²) in [6.07, 6.45) is 0. The number of rotatable bonds is 1. The zero-order valence-electron chi connectivity index (χ0n) is 9.07. The number of carboxylic acids is 1. The molecule has 0 amide bonds. The molecule has 17 heavy (non-hydrogen) atoms. The van der Waals surface area contributed by atoms with Crippen LogP contribution in [0.5, 0.6) is 5.75 Å². The van der Waals surface area contributed by atoms with E-state index in [1.54, 1.807) is 6.07 Å². The summed E-state index contributed by atoms with van der Waals surface area (Å²) in [7, 11) is 0. The summed E-state index contributed by atoms with van der Waals surface area (Å²) in [6, 6.07) is 5.64. The second-order valence-electron chi connectivity index (χ2n) is 1.80. The third-order valence-corrected chi connectivity index (χ3v) is 1.12. The maximum atomic E-state index is 10.2. The number of aromatic carboxylic acids is 1. The molecule has 10 heteroatoms. The number of benzene rings is 1. The van der Waals surface area contributed by atoms with E-state index in [1.807, 2.05) is 0 Å². The van der Waals surface area contributed by atoms with Crippen molar-refractivity contribution in [3.63, 3.8) is 0 Å². The van der Waals surface area contributed by atoms with Gasteiger partial charge in [0.2, 0.25) is 0 Å². The van der Waals surface area contributed by atoms with Crippen LogP contribution in [0.4, 0.5) is 0 Å². The predicted molar refractivity (Wildman–Crippen MR) is 54.1 cm³/mol. The number of carbonyl (C=O) groups excluding carboxylic acids is 1. The smallest absolute Gasteiger partial charge is 0.545 e. The van der Waals surface area contributed by atoms with Gasteiger partial charge in [0.15, 0.2) is 0 Å². The standard InChI is InChI=1S/C7H6O3.Na.6H2O/c8-6-4-2-1-3-5(6)7(9)10;;;;;;;/h1-4,8H,(H,9,10);;6*1H2/q;+1;;;;;;/p-1. The van der Waals surface area contributed by atoms with E-state index in [1.165, 1.54) is 18.2 Å². The maximum Gasteiger partial charge on any atom is 1.00 e. The van der Waals surface area contributed by atoms with Gasteiger partial charge in [-0.2, -0.15) is 0 Å². The van der Waals surface area contributed by atoms with Gasteiger partial charge in [-0.05, 0) is 12.1 Å². The normalized spacial score (nSPS) is 5.41. The van der Waals surface area contributed by atoms with Crippen molar-refractivity contribution in [1.82, 2.24) is 0 Å². The number of hydrogen-bond donors (Lipinski definition) is 1. The minimum atomic E-state index is -1.36. The van der Waals surface area contributed by atoms with Crippen LogP contribution in [0.2, 0.25) is 0 Å². The number of carboxylic acid groups (broad SMARTS) is 1. The molecule has 1 aromatic rings. The molecule has 0 aliphatic carbocycles. The summed E-state index contributed by atoms with van der Waals surface area (Å²) in [5, 5.41) is 19.0. The fraction of sp³-hybridized carbons (Fsp3) is 0. The van der Waals surface area contributed by atoms with Gasteiger partial charge in [-0.25, -0.2) is 0 Å². The summed E-state index contributed by atoms with van der Waals surface area (Å²) >= 11 is 0. The SMILES string of the molecule is O.O.O.O.O.O.O=C([O-])c1ccccc1O.[Na+]. The van der Waals surface area contributed by atoms with E-state index >= 15 is 0 Å². The average molecular weight is 268 g/mol. The first-order valence-corrected chi connectivity index (χ1v) is 2.71. The molecule has 0 aliphatic heterocycles. The number of hydrogen-bond acceptors (Lipinski definition) is 3. The Bertz CT molecular complexity index is 267. The quantitative estimate of drug-likeness (QED) is 0.487. The van der Waals surface area contributed by atoms with Crippen LogP contribution in [0, 0.1) is 0 Å². The van der Waals surface area contributed by atoms with Gasteiger partial charge in [0, 0.05) is 5.56 Å². The molecule has 0 spiro atoms. The topological polar surface area (TPSA) is 249 Å². The Kier molecular flexibility index (Phi) is 53.6. The van der Waals surface area contributed by atoms with Gasteiger partial charge >= 0.3 is 29.6 Å². The third-order valence-electron chi connectivity index (χ3n) is 1.12. The zero-order valence-corrected chi connectivity index (χ0v) is 11.1. The van der Waals surface area contributed by atoms with Gasteiger partial charge in [-0.15, -0.1) is 0 Å². The van der Waals surface area contributed by atoms with Gasteiger partial charge in [0.1, 0.15) is 5.75 Å². The largest absolute Gasteiger partial charge is 1.00 e. The van der Waals surface area contributed by atoms with Crippen molar-refractivity contribution in [2.75, 3.05) is 0 Å². The molecule has 0 fully saturated rings. The van der Waals surface area contributed by atoms with Crippen molar-refractivity contribution in [3.05, 3.63) is 29.8 Å². The molecule has 1 aromatic carbocycles. The Balaban J connectivity index is -0.0000000286. The molecule has 0 saturated heterocycles. The molecular formula is C7H17NaO9. The second kappa shape index (κ2) is 20.6. The van der Waals surface area contributed by atoms with Crippen molar-refractivity contribution < 1.29 is 77.4 Å². The Morgan fingerprint density at radius 2 is 1.29 bits per heavy atom. The van der Waals surface area contributed by atoms with E-state index in [0.29, 0.717) is 0 Å². The first-order chi connectivity index (χ1) is 4.72. The van der Waals surface area contributed by atoms with Crippen LogP contribution in [-0.4, -0.2) is 43.9 Å². The molecule has 0 aromatic heterocycles. The van der Waals surface area contributed by atoms with Crippen LogP contribution >= 0.6 is 0 Å². The minimum absolute atomic E-state index is 0. The molecule has 13 N–H and O–H groups in total. The zero-order chi connectivity index (χ0) is 7.56.